The lowest BCUT2D eigenvalue weighted by Gasteiger charge is -2.33. The third-order valence-electron chi connectivity index (χ3n) is 7.06. The molecule has 2 fully saturated rings. The first kappa shape index (κ1) is 29.5. The van der Waals surface area contributed by atoms with E-state index in [1.54, 1.807) is 5.38 Å². The highest BCUT2D eigenvalue weighted by molar-refractivity contribution is 7.11. The normalized spacial score (nSPS) is 19.6. The third kappa shape index (κ3) is 9.35. The van der Waals surface area contributed by atoms with Crippen molar-refractivity contribution in [1.29, 1.82) is 0 Å². The van der Waals surface area contributed by atoms with Gasteiger partial charge in [0, 0.05) is 31.1 Å². The average Bonchev–Trinajstić information content (AvgIpc) is 3.42. The second-order valence-electron chi connectivity index (χ2n) is 10.1. The minimum atomic E-state index is -0.808. The summed E-state index contributed by atoms with van der Waals surface area (Å²) >= 11 is 1.20. The fourth-order valence-electron chi connectivity index (χ4n) is 4.86. The number of carbonyl (C=O) groups is 4. The molecular formula is C25H40N8O4S. The third-order valence-corrected chi connectivity index (χ3v) is 7.85. The summed E-state index contributed by atoms with van der Waals surface area (Å²) in [6.07, 6.45) is 6.98. The van der Waals surface area contributed by atoms with Crippen LogP contribution in [0.5, 0.6) is 0 Å². The molecule has 0 aromatic carbocycles. The molecule has 2 aliphatic rings. The van der Waals surface area contributed by atoms with Gasteiger partial charge in [-0.1, -0.05) is 0 Å². The summed E-state index contributed by atoms with van der Waals surface area (Å²) < 4.78 is 0. The first-order chi connectivity index (χ1) is 18.2. The van der Waals surface area contributed by atoms with Crippen LogP contribution in [0.1, 0.15) is 61.2 Å². The van der Waals surface area contributed by atoms with Crippen molar-refractivity contribution >= 4 is 40.8 Å². The molecule has 6 N–H and O–H groups in total. The van der Waals surface area contributed by atoms with Crippen molar-refractivity contribution in [3.05, 3.63) is 16.6 Å². The van der Waals surface area contributed by atoms with Gasteiger partial charge in [0.1, 0.15) is 6.04 Å². The number of nitrogens with zero attached hydrogens (tertiary/aromatic N) is 4. The van der Waals surface area contributed by atoms with Crippen molar-refractivity contribution in [3.63, 3.8) is 0 Å². The Balaban J connectivity index is 1.49. The molecule has 1 aromatic rings. The summed E-state index contributed by atoms with van der Waals surface area (Å²) in [6.45, 7) is 2.66. The second kappa shape index (κ2) is 14.8. The predicted molar refractivity (Wildman–Crippen MR) is 145 cm³/mol. The van der Waals surface area contributed by atoms with Gasteiger partial charge < -0.3 is 31.9 Å². The lowest BCUT2D eigenvalue weighted by molar-refractivity contribution is -0.141. The van der Waals surface area contributed by atoms with Crippen LogP contribution in [0.3, 0.4) is 0 Å². The lowest BCUT2D eigenvalue weighted by Crippen LogP contribution is -2.55. The maximum absolute atomic E-state index is 13.0. The predicted octanol–water partition coefficient (Wildman–Crippen LogP) is 0.0934. The zero-order valence-corrected chi connectivity index (χ0v) is 22.9. The Morgan fingerprint density at radius 2 is 1.95 bits per heavy atom. The number of hydrogen-bond donors (Lipinski definition) is 4. The molecule has 0 aliphatic carbocycles. The molecule has 3 amide bonds. The summed E-state index contributed by atoms with van der Waals surface area (Å²) in [5, 5.41) is 7.63. The fourth-order valence-corrected chi connectivity index (χ4v) is 5.49. The van der Waals surface area contributed by atoms with Crippen molar-refractivity contribution in [2.75, 3.05) is 39.8 Å². The number of aliphatic imine (C=N–C) groups is 1. The molecule has 0 radical (unpaired) electrons. The van der Waals surface area contributed by atoms with E-state index in [0.717, 1.165) is 32.4 Å². The summed E-state index contributed by atoms with van der Waals surface area (Å²) in [5.41, 5.74) is 10.7. The average molecular weight is 549 g/mol. The van der Waals surface area contributed by atoms with Crippen LogP contribution in [0.15, 0.2) is 16.6 Å². The number of likely N-dealkylation sites (tertiary alicyclic amines) is 2. The van der Waals surface area contributed by atoms with Gasteiger partial charge in [-0.2, -0.15) is 0 Å². The molecule has 3 heterocycles. The summed E-state index contributed by atoms with van der Waals surface area (Å²) in [6, 6.07) is -1.44. The number of amides is 3. The van der Waals surface area contributed by atoms with Gasteiger partial charge in [-0.05, 0) is 71.0 Å². The summed E-state index contributed by atoms with van der Waals surface area (Å²) in [4.78, 5) is 63.1. The highest BCUT2D eigenvalue weighted by atomic mass is 32.1. The molecule has 2 saturated heterocycles. The van der Waals surface area contributed by atoms with Gasteiger partial charge in [-0.15, -0.1) is 11.3 Å². The van der Waals surface area contributed by atoms with Crippen LogP contribution < -0.4 is 22.1 Å². The SMILES string of the molecule is CN1CCC(CCC(=O)N[C@H]2CCCN(CC(=O)N[C@@H](CCCN=C(N)N)C(=O)c3nccs3)C2=O)CC1. The number of Topliss-reactive ketones (excluding diaryl/α,β-unsaturated/α-hetero) is 1. The molecule has 2 atom stereocenters. The first-order valence-electron chi connectivity index (χ1n) is 13.3. The Bertz CT molecular complexity index is 974. The van der Waals surface area contributed by atoms with E-state index < -0.39 is 18.0 Å². The highest BCUT2D eigenvalue weighted by Crippen LogP contribution is 2.21. The van der Waals surface area contributed by atoms with Crippen molar-refractivity contribution in [3.8, 4) is 0 Å². The van der Waals surface area contributed by atoms with E-state index in [1.807, 2.05) is 0 Å². The topological polar surface area (TPSA) is 176 Å². The van der Waals surface area contributed by atoms with Crippen LogP contribution in [0.2, 0.25) is 0 Å². The van der Waals surface area contributed by atoms with E-state index >= 15 is 0 Å². The molecule has 0 saturated carbocycles. The number of hydrogen-bond acceptors (Lipinski definition) is 8. The van der Waals surface area contributed by atoms with Gasteiger partial charge in [-0.3, -0.25) is 24.2 Å². The summed E-state index contributed by atoms with van der Waals surface area (Å²) in [7, 11) is 2.11. The highest BCUT2D eigenvalue weighted by Gasteiger charge is 2.32. The van der Waals surface area contributed by atoms with Crippen molar-refractivity contribution in [1.82, 2.24) is 25.4 Å². The van der Waals surface area contributed by atoms with Crippen LogP contribution in [0, 0.1) is 5.92 Å². The maximum atomic E-state index is 13.0. The van der Waals surface area contributed by atoms with Crippen LogP contribution in [0.25, 0.3) is 0 Å². The second-order valence-corrected chi connectivity index (χ2v) is 11.0. The molecule has 2 aliphatic heterocycles. The van der Waals surface area contributed by atoms with E-state index in [2.05, 4.69) is 32.6 Å². The molecular weight excluding hydrogens is 508 g/mol. The monoisotopic (exact) mass is 548 g/mol. The van der Waals surface area contributed by atoms with Gasteiger partial charge in [0.05, 0.1) is 12.6 Å². The van der Waals surface area contributed by atoms with E-state index in [4.69, 9.17) is 11.5 Å². The Labute approximate surface area is 227 Å². The lowest BCUT2D eigenvalue weighted by atomic mass is 9.92. The molecule has 1 aromatic heterocycles. The van der Waals surface area contributed by atoms with Gasteiger partial charge >= 0.3 is 0 Å². The van der Waals surface area contributed by atoms with E-state index in [1.165, 1.54) is 22.4 Å². The zero-order valence-electron chi connectivity index (χ0n) is 22.1. The minimum absolute atomic E-state index is 0.0380. The number of nitrogens with one attached hydrogen (secondary N) is 2. The number of thiazole rings is 1. The number of piperidine rings is 2. The Kier molecular flexibility index (Phi) is 11.5. The number of carbonyl (C=O) groups excluding carboxylic acids is 4. The standard InChI is InChI=1S/C25H40N8O4S/c1-32-13-8-17(9-14-32)6-7-20(34)31-19-5-3-12-33(24(19)37)16-21(35)30-18(4-2-10-29-25(26)27)22(36)23-28-11-15-38-23/h11,15,17-19H,2-10,12-14,16H2,1H3,(H,30,35)(H,31,34)(H4,26,27,29)/t18-,19-/m0/s1. The van der Waals surface area contributed by atoms with Gasteiger partial charge in [-0.25, -0.2) is 4.98 Å². The molecule has 3 rings (SSSR count). The van der Waals surface area contributed by atoms with Crippen LogP contribution in [0.4, 0.5) is 0 Å². The quantitative estimate of drug-likeness (QED) is 0.116. The van der Waals surface area contributed by atoms with Gasteiger partial charge in [0.15, 0.2) is 11.0 Å². The zero-order chi connectivity index (χ0) is 27.5. The van der Waals surface area contributed by atoms with E-state index in [0.29, 0.717) is 56.1 Å². The first-order valence-corrected chi connectivity index (χ1v) is 14.2. The molecule has 0 spiro atoms. The van der Waals surface area contributed by atoms with Crippen molar-refractivity contribution < 1.29 is 19.2 Å². The van der Waals surface area contributed by atoms with Gasteiger partial charge in [0.2, 0.25) is 23.5 Å². The fraction of sp³-hybridized carbons (Fsp3) is 0.680. The molecule has 0 unspecified atom stereocenters. The number of ketones is 1. The maximum Gasteiger partial charge on any atom is 0.245 e. The minimum Gasteiger partial charge on any atom is -0.370 e. The number of nitrogens with two attached hydrogens (primary N) is 2. The Morgan fingerprint density at radius 3 is 2.63 bits per heavy atom. The Hall–Kier alpha value is -3.06. The number of guanidine groups is 1. The molecule has 13 heteroatoms. The van der Waals surface area contributed by atoms with Gasteiger partial charge in [0.25, 0.3) is 0 Å². The number of rotatable bonds is 13. The van der Waals surface area contributed by atoms with E-state index in [-0.39, 0.29) is 30.1 Å². The van der Waals surface area contributed by atoms with Crippen molar-refractivity contribution in [2.24, 2.45) is 22.4 Å². The largest absolute Gasteiger partial charge is 0.370 e. The molecule has 0 bridgehead atoms. The Morgan fingerprint density at radius 1 is 1.18 bits per heavy atom. The van der Waals surface area contributed by atoms with Crippen LogP contribution in [-0.2, 0) is 14.4 Å². The van der Waals surface area contributed by atoms with Crippen LogP contribution >= 0.6 is 11.3 Å². The number of aromatic nitrogens is 1. The van der Waals surface area contributed by atoms with Crippen molar-refractivity contribution in [2.45, 2.75) is 63.5 Å². The molecule has 12 nitrogen and oxygen atoms in total. The van der Waals surface area contributed by atoms with Crippen LogP contribution in [-0.4, -0.2) is 96.1 Å². The smallest absolute Gasteiger partial charge is 0.245 e. The molecule has 38 heavy (non-hydrogen) atoms. The van der Waals surface area contributed by atoms with E-state index in [9.17, 15) is 19.2 Å². The summed E-state index contributed by atoms with van der Waals surface area (Å²) in [5.74, 6) is -0.622. The molecule has 210 valence electrons.